The molecule has 6 nitrogen and oxygen atoms in total. The highest BCUT2D eigenvalue weighted by Gasteiger charge is 2.25. The molecule has 1 aliphatic rings. The van der Waals surface area contributed by atoms with Crippen LogP contribution in [0.3, 0.4) is 0 Å². The van der Waals surface area contributed by atoms with Crippen molar-refractivity contribution in [2.45, 2.75) is 13.5 Å². The minimum atomic E-state index is -0.328. The van der Waals surface area contributed by atoms with Crippen molar-refractivity contribution < 1.29 is 24.1 Å². The first kappa shape index (κ1) is 20.9. The number of rotatable bonds is 7. The Bertz CT molecular complexity index is 883. The Hall–Kier alpha value is -2.83. The van der Waals surface area contributed by atoms with E-state index in [0.717, 1.165) is 24.2 Å². The lowest BCUT2D eigenvalue weighted by Crippen LogP contribution is -2.35. The van der Waals surface area contributed by atoms with Crippen molar-refractivity contribution >= 4 is 11.9 Å². The maximum Gasteiger partial charge on any atom is 0.193 e. The van der Waals surface area contributed by atoms with Crippen LogP contribution in [0.15, 0.2) is 36.4 Å². The van der Waals surface area contributed by atoms with Gasteiger partial charge in [-0.2, -0.15) is 0 Å². The van der Waals surface area contributed by atoms with Gasteiger partial charge in [0.1, 0.15) is 22.8 Å². The molecule has 0 radical (unpaired) electrons. The molecular weight excluding hydrogens is 370 g/mol. The number of aromatic hydroxyl groups is 1. The summed E-state index contributed by atoms with van der Waals surface area (Å²) in [6.45, 7) is 5.27. The normalized spacial score (nSPS) is 14.9. The van der Waals surface area contributed by atoms with Gasteiger partial charge in [0.15, 0.2) is 5.78 Å². The van der Waals surface area contributed by atoms with Gasteiger partial charge in [-0.05, 0) is 18.6 Å². The molecule has 2 aromatic rings. The molecule has 1 aliphatic heterocycles. The fourth-order valence-corrected chi connectivity index (χ4v) is 3.31. The van der Waals surface area contributed by atoms with Gasteiger partial charge in [0.2, 0.25) is 0 Å². The molecule has 0 aliphatic carbocycles. The molecule has 1 saturated heterocycles. The first-order valence-corrected chi connectivity index (χ1v) is 9.59. The number of phenolic OH excluding ortho intramolecular Hbond substituents is 1. The highest BCUT2D eigenvalue weighted by Crippen LogP contribution is 2.39. The van der Waals surface area contributed by atoms with Gasteiger partial charge in [0, 0.05) is 25.7 Å². The summed E-state index contributed by atoms with van der Waals surface area (Å²) in [5.41, 5.74) is 2.77. The monoisotopic (exact) mass is 397 g/mol. The molecule has 0 aromatic heterocycles. The summed E-state index contributed by atoms with van der Waals surface area (Å²) in [5, 5.41) is 11.0. The van der Waals surface area contributed by atoms with E-state index in [1.54, 1.807) is 12.1 Å². The molecule has 6 heteroatoms. The van der Waals surface area contributed by atoms with Crippen LogP contribution in [0.25, 0.3) is 6.08 Å². The minimum absolute atomic E-state index is 0.105. The van der Waals surface area contributed by atoms with E-state index < -0.39 is 0 Å². The molecular formula is C23H27NO5. The third-order valence-electron chi connectivity index (χ3n) is 5.00. The molecule has 1 heterocycles. The Morgan fingerprint density at radius 3 is 2.41 bits per heavy atom. The fraction of sp³-hybridized carbons (Fsp3) is 0.348. The van der Waals surface area contributed by atoms with Crippen LogP contribution in [-0.2, 0) is 11.3 Å². The van der Waals surface area contributed by atoms with Crippen molar-refractivity contribution in [3.8, 4) is 17.2 Å². The number of carbonyl (C=O) groups excluding carboxylic acids is 1. The fourth-order valence-electron chi connectivity index (χ4n) is 3.31. The van der Waals surface area contributed by atoms with Crippen molar-refractivity contribution in [1.82, 2.24) is 4.90 Å². The number of nitrogens with zero attached hydrogens (tertiary/aromatic N) is 1. The van der Waals surface area contributed by atoms with E-state index >= 15 is 0 Å². The number of ketones is 1. The van der Waals surface area contributed by atoms with Crippen molar-refractivity contribution in [2.24, 2.45) is 0 Å². The number of hydrogen-bond donors (Lipinski definition) is 1. The third kappa shape index (κ3) is 4.96. The van der Waals surface area contributed by atoms with E-state index in [-0.39, 0.29) is 22.8 Å². The Balaban J connectivity index is 1.94. The molecule has 0 atom stereocenters. The van der Waals surface area contributed by atoms with Gasteiger partial charge in [0.05, 0.1) is 33.0 Å². The topological polar surface area (TPSA) is 68.2 Å². The van der Waals surface area contributed by atoms with Crippen LogP contribution in [0.2, 0.25) is 0 Å². The lowest BCUT2D eigenvalue weighted by molar-refractivity contribution is 0.0335. The van der Waals surface area contributed by atoms with Crippen LogP contribution in [0.5, 0.6) is 17.2 Å². The predicted molar refractivity (Wildman–Crippen MR) is 112 cm³/mol. The van der Waals surface area contributed by atoms with E-state index in [2.05, 4.69) is 4.90 Å². The summed E-state index contributed by atoms with van der Waals surface area (Å²) >= 11 is 0. The molecule has 154 valence electrons. The highest BCUT2D eigenvalue weighted by molar-refractivity contribution is 6.11. The molecule has 1 fully saturated rings. The second kappa shape index (κ2) is 9.58. The summed E-state index contributed by atoms with van der Waals surface area (Å²) in [6.07, 6.45) is 3.18. The summed E-state index contributed by atoms with van der Waals surface area (Å²) in [6, 6.07) is 9.50. The minimum Gasteiger partial charge on any atom is -0.507 e. The van der Waals surface area contributed by atoms with E-state index in [9.17, 15) is 9.90 Å². The van der Waals surface area contributed by atoms with Gasteiger partial charge in [-0.15, -0.1) is 0 Å². The van der Waals surface area contributed by atoms with Gasteiger partial charge < -0.3 is 19.3 Å². The molecule has 29 heavy (non-hydrogen) atoms. The van der Waals surface area contributed by atoms with Crippen molar-refractivity contribution in [1.29, 1.82) is 0 Å². The van der Waals surface area contributed by atoms with Crippen LogP contribution in [0.4, 0.5) is 0 Å². The van der Waals surface area contributed by atoms with Gasteiger partial charge in [-0.1, -0.05) is 35.9 Å². The highest BCUT2D eigenvalue weighted by atomic mass is 16.5. The standard InChI is InChI=1S/C23H27NO5/c1-16-4-6-17(7-5-16)8-9-19(25)22-21(28-3)14-20(27-2)18(23(22)26)15-24-10-12-29-13-11-24/h4-9,14,26H,10-13,15H2,1-3H3/b9-8+. The largest absolute Gasteiger partial charge is 0.507 e. The van der Waals surface area contributed by atoms with Gasteiger partial charge in [0.25, 0.3) is 0 Å². The predicted octanol–water partition coefficient (Wildman–Crippen LogP) is 3.45. The maximum atomic E-state index is 12.9. The van der Waals surface area contributed by atoms with Gasteiger partial charge in [-0.25, -0.2) is 0 Å². The first-order chi connectivity index (χ1) is 14.0. The van der Waals surface area contributed by atoms with E-state index in [4.69, 9.17) is 14.2 Å². The van der Waals surface area contributed by atoms with E-state index in [0.29, 0.717) is 31.1 Å². The average molecular weight is 397 g/mol. The van der Waals surface area contributed by atoms with Gasteiger partial charge in [-0.3, -0.25) is 9.69 Å². The summed E-state index contributed by atoms with van der Waals surface area (Å²) in [7, 11) is 3.01. The molecule has 0 spiro atoms. The molecule has 3 rings (SSSR count). The summed E-state index contributed by atoms with van der Waals surface area (Å²) < 4.78 is 16.2. The molecule has 1 N–H and O–H groups in total. The lowest BCUT2D eigenvalue weighted by Gasteiger charge is -2.28. The number of ether oxygens (including phenoxy) is 3. The number of methoxy groups -OCH3 is 2. The van der Waals surface area contributed by atoms with Gasteiger partial charge >= 0.3 is 0 Å². The second-order valence-electron chi connectivity index (χ2n) is 6.98. The number of allylic oxidation sites excluding steroid dienone is 1. The molecule has 0 unspecified atom stereocenters. The van der Waals surface area contributed by atoms with Crippen LogP contribution >= 0.6 is 0 Å². The zero-order valence-corrected chi connectivity index (χ0v) is 17.1. The summed E-state index contributed by atoms with van der Waals surface area (Å²) in [4.78, 5) is 15.1. The van der Waals surface area contributed by atoms with Crippen LogP contribution in [0, 0.1) is 6.92 Å². The van der Waals surface area contributed by atoms with Crippen molar-refractivity contribution in [3.05, 3.63) is 58.7 Å². The number of morpholine rings is 1. The smallest absolute Gasteiger partial charge is 0.193 e. The number of aryl methyl sites for hydroxylation is 1. The molecule has 2 aromatic carbocycles. The van der Waals surface area contributed by atoms with Crippen LogP contribution < -0.4 is 9.47 Å². The Morgan fingerprint density at radius 1 is 1.14 bits per heavy atom. The van der Waals surface area contributed by atoms with Crippen LogP contribution in [0.1, 0.15) is 27.0 Å². The van der Waals surface area contributed by atoms with E-state index in [1.807, 2.05) is 31.2 Å². The number of carbonyl (C=O) groups is 1. The molecule has 0 amide bonds. The summed E-state index contributed by atoms with van der Waals surface area (Å²) in [5.74, 6) is 0.339. The number of hydrogen-bond acceptors (Lipinski definition) is 6. The van der Waals surface area contributed by atoms with Crippen LogP contribution in [-0.4, -0.2) is 56.3 Å². The number of phenols is 1. The van der Waals surface area contributed by atoms with Crippen molar-refractivity contribution in [2.75, 3.05) is 40.5 Å². The maximum absolute atomic E-state index is 12.9. The second-order valence-corrected chi connectivity index (χ2v) is 6.98. The third-order valence-corrected chi connectivity index (χ3v) is 5.00. The SMILES string of the molecule is COc1cc(OC)c(C(=O)/C=C/c2ccc(C)cc2)c(O)c1CN1CCOCC1. The Labute approximate surface area is 171 Å². The molecule has 0 saturated carbocycles. The lowest BCUT2D eigenvalue weighted by atomic mass is 10.0. The zero-order chi connectivity index (χ0) is 20.8. The van der Waals surface area contributed by atoms with E-state index in [1.165, 1.54) is 20.3 Å². The number of benzene rings is 2. The molecule has 0 bridgehead atoms. The first-order valence-electron chi connectivity index (χ1n) is 9.59. The van der Waals surface area contributed by atoms with Crippen molar-refractivity contribution in [3.63, 3.8) is 0 Å². The Morgan fingerprint density at radius 2 is 1.79 bits per heavy atom. The average Bonchev–Trinajstić information content (AvgIpc) is 2.75. The Kier molecular flexibility index (Phi) is 6.90. The zero-order valence-electron chi connectivity index (χ0n) is 17.1. The quantitative estimate of drug-likeness (QED) is 0.570.